The maximum absolute atomic E-state index is 6.11. The summed E-state index contributed by atoms with van der Waals surface area (Å²) >= 11 is 7.83. The third-order valence-corrected chi connectivity index (χ3v) is 6.06. The van der Waals surface area contributed by atoms with E-state index in [1.807, 2.05) is 43.3 Å². The van der Waals surface area contributed by atoms with Gasteiger partial charge in [-0.3, -0.25) is 0 Å². The van der Waals surface area contributed by atoms with Crippen molar-refractivity contribution in [3.8, 4) is 0 Å². The Morgan fingerprint density at radius 2 is 1.78 bits per heavy atom. The molecule has 1 N–H and O–H groups in total. The zero-order chi connectivity index (χ0) is 19.0. The molecule has 0 atom stereocenters. The van der Waals surface area contributed by atoms with E-state index in [0.717, 1.165) is 38.1 Å². The molecule has 0 amide bonds. The molecule has 0 bridgehead atoms. The van der Waals surface area contributed by atoms with Crippen molar-refractivity contribution in [2.45, 2.75) is 27.2 Å². The van der Waals surface area contributed by atoms with Crippen LogP contribution in [0.3, 0.4) is 0 Å². The minimum Gasteiger partial charge on any atom is -0.339 e. The normalized spacial score (nSPS) is 11.1. The summed E-state index contributed by atoms with van der Waals surface area (Å²) in [5, 5.41) is 5.35. The van der Waals surface area contributed by atoms with E-state index in [-0.39, 0.29) is 0 Å². The SMILES string of the molecule is Cc1cc(Cl)ccc1Nc1nc(Cc2ccccc2)nc2sc(C)c(C)c12. The lowest BCUT2D eigenvalue weighted by molar-refractivity contribution is 0.999. The summed E-state index contributed by atoms with van der Waals surface area (Å²) in [5.41, 5.74) is 4.53. The molecule has 0 radical (unpaired) electrons. The Morgan fingerprint density at radius 1 is 1.00 bits per heavy atom. The monoisotopic (exact) mass is 393 g/mol. The lowest BCUT2D eigenvalue weighted by Crippen LogP contribution is -2.03. The third-order valence-electron chi connectivity index (χ3n) is 4.72. The lowest BCUT2D eigenvalue weighted by Gasteiger charge is -2.12. The molecule has 3 nitrogen and oxygen atoms in total. The molecule has 0 saturated heterocycles. The molecule has 0 aliphatic heterocycles. The van der Waals surface area contributed by atoms with E-state index < -0.39 is 0 Å². The second-order valence-electron chi connectivity index (χ2n) is 6.70. The molecule has 2 aromatic heterocycles. The van der Waals surface area contributed by atoms with Gasteiger partial charge in [0.25, 0.3) is 0 Å². The number of hydrogen-bond donors (Lipinski definition) is 1. The van der Waals surface area contributed by atoms with E-state index in [4.69, 9.17) is 21.6 Å². The van der Waals surface area contributed by atoms with Crippen molar-refractivity contribution in [3.05, 3.63) is 80.9 Å². The van der Waals surface area contributed by atoms with Crippen molar-refractivity contribution in [2.75, 3.05) is 5.32 Å². The van der Waals surface area contributed by atoms with Crippen molar-refractivity contribution >= 4 is 44.7 Å². The summed E-state index contributed by atoms with van der Waals surface area (Å²) in [6.07, 6.45) is 0.709. The van der Waals surface area contributed by atoms with Crippen LogP contribution in [-0.4, -0.2) is 9.97 Å². The fourth-order valence-corrected chi connectivity index (χ4v) is 4.41. The molecular formula is C22H20ClN3S. The van der Waals surface area contributed by atoms with Gasteiger partial charge in [-0.2, -0.15) is 0 Å². The molecule has 4 rings (SSSR count). The second kappa shape index (κ2) is 7.29. The molecule has 2 aromatic carbocycles. The van der Waals surface area contributed by atoms with E-state index in [1.54, 1.807) is 11.3 Å². The Labute approximate surface area is 168 Å². The topological polar surface area (TPSA) is 37.8 Å². The van der Waals surface area contributed by atoms with Gasteiger partial charge in [-0.05, 0) is 55.7 Å². The van der Waals surface area contributed by atoms with Gasteiger partial charge in [0, 0.05) is 22.0 Å². The van der Waals surface area contributed by atoms with Gasteiger partial charge in [-0.15, -0.1) is 11.3 Å². The van der Waals surface area contributed by atoms with E-state index in [9.17, 15) is 0 Å². The van der Waals surface area contributed by atoms with E-state index in [1.165, 1.54) is 16.0 Å². The number of anilines is 2. The minimum absolute atomic E-state index is 0.709. The van der Waals surface area contributed by atoms with E-state index in [0.29, 0.717) is 6.42 Å². The van der Waals surface area contributed by atoms with Gasteiger partial charge in [0.1, 0.15) is 16.5 Å². The smallest absolute Gasteiger partial charge is 0.143 e. The molecule has 4 aromatic rings. The van der Waals surface area contributed by atoms with E-state index in [2.05, 4.69) is 31.3 Å². The van der Waals surface area contributed by atoms with Crippen LogP contribution < -0.4 is 5.32 Å². The summed E-state index contributed by atoms with van der Waals surface area (Å²) in [6, 6.07) is 16.2. The molecule has 0 spiro atoms. The van der Waals surface area contributed by atoms with Crippen LogP contribution in [0.15, 0.2) is 48.5 Å². The van der Waals surface area contributed by atoms with Crippen LogP contribution in [0.1, 0.15) is 27.4 Å². The molecule has 2 heterocycles. The number of benzene rings is 2. The number of fused-ring (bicyclic) bond motifs is 1. The van der Waals surface area contributed by atoms with Crippen LogP contribution in [0.5, 0.6) is 0 Å². The van der Waals surface area contributed by atoms with Gasteiger partial charge in [0.2, 0.25) is 0 Å². The molecule has 0 unspecified atom stereocenters. The second-order valence-corrected chi connectivity index (χ2v) is 8.34. The Balaban J connectivity index is 1.81. The van der Waals surface area contributed by atoms with Crippen molar-refractivity contribution in [1.82, 2.24) is 9.97 Å². The number of aromatic nitrogens is 2. The summed E-state index contributed by atoms with van der Waals surface area (Å²) in [6.45, 7) is 6.31. The highest BCUT2D eigenvalue weighted by Gasteiger charge is 2.15. The van der Waals surface area contributed by atoms with Crippen molar-refractivity contribution in [1.29, 1.82) is 0 Å². The summed E-state index contributed by atoms with van der Waals surface area (Å²) in [5.74, 6) is 1.68. The van der Waals surface area contributed by atoms with Crippen LogP contribution in [0.25, 0.3) is 10.2 Å². The van der Waals surface area contributed by atoms with E-state index >= 15 is 0 Å². The van der Waals surface area contributed by atoms with Crippen LogP contribution >= 0.6 is 22.9 Å². The first kappa shape index (κ1) is 18.0. The Kier molecular flexibility index (Phi) is 4.85. The number of thiophene rings is 1. The summed E-state index contributed by atoms with van der Waals surface area (Å²) in [4.78, 5) is 12.0. The molecular weight excluding hydrogens is 374 g/mol. The van der Waals surface area contributed by atoms with Gasteiger partial charge in [0.15, 0.2) is 0 Å². The fourth-order valence-electron chi connectivity index (χ4n) is 3.14. The number of aryl methyl sites for hydroxylation is 3. The van der Waals surface area contributed by atoms with Gasteiger partial charge in [-0.1, -0.05) is 41.9 Å². The quantitative estimate of drug-likeness (QED) is 0.424. The Hall–Kier alpha value is -2.43. The number of rotatable bonds is 4. The highest BCUT2D eigenvalue weighted by molar-refractivity contribution is 7.18. The van der Waals surface area contributed by atoms with Gasteiger partial charge < -0.3 is 5.32 Å². The Bertz CT molecular complexity index is 1120. The molecule has 0 fully saturated rings. The molecule has 0 saturated carbocycles. The van der Waals surface area contributed by atoms with Gasteiger partial charge >= 0.3 is 0 Å². The van der Waals surface area contributed by atoms with Gasteiger partial charge in [-0.25, -0.2) is 9.97 Å². The van der Waals surface area contributed by atoms with Crippen molar-refractivity contribution in [3.63, 3.8) is 0 Å². The first-order valence-electron chi connectivity index (χ1n) is 8.85. The molecule has 0 aliphatic rings. The average Bonchev–Trinajstić information content (AvgIpc) is 2.92. The number of nitrogens with zero attached hydrogens (tertiary/aromatic N) is 2. The zero-order valence-corrected chi connectivity index (χ0v) is 17.1. The number of halogens is 1. The van der Waals surface area contributed by atoms with Crippen molar-refractivity contribution < 1.29 is 0 Å². The molecule has 27 heavy (non-hydrogen) atoms. The van der Waals surface area contributed by atoms with Crippen LogP contribution in [0.4, 0.5) is 11.5 Å². The average molecular weight is 394 g/mol. The first-order chi connectivity index (χ1) is 13.0. The third kappa shape index (κ3) is 3.68. The molecule has 0 aliphatic carbocycles. The maximum Gasteiger partial charge on any atom is 0.143 e. The first-order valence-corrected chi connectivity index (χ1v) is 10.0. The van der Waals surface area contributed by atoms with Crippen molar-refractivity contribution in [2.24, 2.45) is 0 Å². The molecule has 136 valence electrons. The van der Waals surface area contributed by atoms with Crippen LogP contribution in [0, 0.1) is 20.8 Å². The van der Waals surface area contributed by atoms with Crippen LogP contribution in [0.2, 0.25) is 5.02 Å². The Morgan fingerprint density at radius 3 is 2.52 bits per heavy atom. The number of hydrogen-bond acceptors (Lipinski definition) is 4. The van der Waals surface area contributed by atoms with Crippen LogP contribution in [-0.2, 0) is 6.42 Å². The predicted octanol–water partition coefficient (Wildman–Crippen LogP) is 6.60. The highest BCUT2D eigenvalue weighted by atomic mass is 35.5. The van der Waals surface area contributed by atoms with Gasteiger partial charge in [0.05, 0.1) is 5.39 Å². The fraction of sp³-hybridized carbons (Fsp3) is 0.182. The highest BCUT2D eigenvalue weighted by Crippen LogP contribution is 2.35. The lowest BCUT2D eigenvalue weighted by atomic mass is 10.1. The molecule has 5 heteroatoms. The summed E-state index contributed by atoms with van der Waals surface area (Å²) in [7, 11) is 0. The predicted molar refractivity (Wildman–Crippen MR) is 116 cm³/mol. The minimum atomic E-state index is 0.709. The number of nitrogens with one attached hydrogen (secondary N) is 1. The maximum atomic E-state index is 6.11. The standard InChI is InChI=1S/C22H20ClN3S/c1-13-11-17(23)9-10-18(13)24-21-20-14(2)15(3)27-22(20)26-19(25-21)12-16-7-5-4-6-8-16/h4-11H,12H2,1-3H3,(H,24,25,26). The summed E-state index contributed by atoms with van der Waals surface area (Å²) < 4.78 is 0. The largest absolute Gasteiger partial charge is 0.339 e. The zero-order valence-electron chi connectivity index (χ0n) is 15.5.